The molecule has 1 amide bonds. The molecule has 6 heteroatoms. The van der Waals surface area contributed by atoms with Crippen molar-refractivity contribution in [2.45, 2.75) is 51.9 Å². The van der Waals surface area contributed by atoms with Gasteiger partial charge in [-0.15, -0.1) is 21.5 Å². The van der Waals surface area contributed by atoms with E-state index < -0.39 is 0 Å². The fourth-order valence-electron chi connectivity index (χ4n) is 2.96. The molecule has 0 spiro atoms. The van der Waals surface area contributed by atoms with E-state index in [1.54, 1.807) is 11.3 Å². The minimum Gasteiger partial charge on any atom is -0.420 e. The molecule has 2 aromatic heterocycles. The van der Waals surface area contributed by atoms with E-state index >= 15 is 0 Å². The maximum absolute atomic E-state index is 11.9. The Kier molecular flexibility index (Phi) is 5.43. The van der Waals surface area contributed by atoms with Crippen molar-refractivity contribution in [3.8, 4) is 10.8 Å². The Bertz CT molecular complexity index is 644. The molecule has 2 aromatic rings. The van der Waals surface area contributed by atoms with E-state index in [2.05, 4.69) is 15.5 Å². The molecule has 1 aliphatic carbocycles. The van der Waals surface area contributed by atoms with Crippen LogP contribution in [0.5, 0.6) is 0 Å². The topological polar surface area (TPSA) is 68.0 Å². The summed E-state index contributed by atoms with van der Waals surface area (Å²) in [5, 5.41) is 11.1. The van der Waals surface area contributed by atoms with Crippen LogP contribution >= 0.6 is 11.3 Å². The summed E-state index contributed by atoms with van der Waals surface area (Å²) in [6.45, 7) is 2.85. The second kappa shape index (κ2) is 7.73. The molecule has 2 heterocycles. The minimum absolute atomic E-state index is 0.0716. The SMILES string of the molecule is Cc1ccc(-c2nnc(CCC(=O)NCC3CCCCC3)o2)s1. The van der Waals surface area contributed by atoms with E-state index in [1.807, 2.05) is 19.1 Å². The van der Waals surface area contributed by atoms with Gasteiger partial charge in [0.2, 0.25) is 11.8 Å². The molecule has 0 radical (unpaired) electrons. The van der Waals surface area contributed by atoms with Crippen molar-refractivity contribution in [1.82, 2.24) is 15.5 Å². The first-order chi connectivity index (χ1) is 11.2. The number of hydrogen-bond donors (Lipinski definition) is 1. The third-order valence-corrected chi connectivity index (χ3v) is 5.29. The lowest BCUT2D eigenvalue weighted by Crippen LogP contribution is -2.30. The van der Waals surface area contributed by atoms with Gasteiger partial charge in [0.15, 0.2) is 0 Å². The first kappa shape index (κ1) is 16.2. The maximum atomic E-state index is 11.9. The number of nitrogens with zero attached hydrogens (tertiary/aromatic N) is 2. The molecule has 0 unspecified atom stereocenters. The summed E-state index contributed by atoms with van der Waals surface area (Å²) >= 11 is 1.63. The van der Waals surface area contributed by atoms with Gasteiger partial charge in [0.05, 0.1) is 4.88 Å². The highest BCUT2D eigenvalue weighted by Crippen LogP contribution is 2.26. The van der Waals surface area contributed by atoms with Crippen molar-refractivity contribution in [2.75, 3.05) is 6.54 Å². The average Bonchev–Trinajstić information content (AvgIpc) is 3.20. The molecule has 0 aromatic carbocycles. The predicted octanol–water partition coefficient (Wildman–Crippen LogP) is 3.74. The number of nitrogens with one attached hydrogen (secondary N) is 1. The zero-order chi connectivity index (χ0) is 16.1. The number of carbonyl (C=O) groups is 1. The van der Waals surface area contributed by atoms with Gasteiger partial charge in [-0.2, -0.15) is 0 Å². The van der Waals surface area contributed by atoms with Crippen LogP contribution < -0.4 is 5.32 Å². The minimum atomic E-state index is 0.0716. The van der Waals surface area contributed by atoms with Crippen molar-refractivity contribution in [3.63, 3.8) is 0 Å². The number of aromatic nitrogens is 2. The van der Waals surface area contributed by atoms with E-state index in [0.717, 1.165) is 11.4 Å². The third-order valence-electron chi connectivity index (χ3n) is 4.30. The normalized spacial score (nSPS) is 15.7. The Hall–Kier alpha value is -1.69. The van der Waals surface area contributed by atoms with Crippen molar-refractivity contribution < 1.29 is 9.21 Å². The smallest absolute Gasteiger partial charge is 0.257 e. The van der Waals surface area contributed by atoms with Crippen LogP contribution in [0.25, 0.3) is 10.8 Å². The van der Waals surface area contributed by atoms with Gasteiger partial charge in [0, 0.05) is 24.3 Å². The molecule has 1 N–H and O–H groups in total. The highest BCUT2D eigenvalue weighted by atomic mass is 32.1. The van der Waals surface area contributed by atoms with Gasteiger partial charge < -0.3 is 9.73 Å². The van der Waals surface area contributed by atoms with Crippen LogP contribution in [0.3, 0.4) is 0 Å². The molecule has 124 valence electrons. The fourth-order valence-corrected chi connectivity index (χ4v) is 3.75. The zero-order valence-corrected chi connectivity index (χ0v) is 14.3. The van der Waals surface area contributed by atoms with Gasteiger partial charge in [-0.3, -0.25) is 4.79 Å². The van der Waals surface area contributed by atoms with Crippen LogP contribution in [0.15, 0.2) is 16.5 Å². The van der Waals surface area contributed by atoms with Gasteiger partial charge >= 0.3 is 0 Å². The van der Waals surface area contributed by atoms with E-state index in [0.29, 0.717) is 30.5 Å². The van der Waals surface area contributed by atoms with Crippen molar-refractivity contribution in [3.05, 3.63) is 22.9 Å². The average molecular weight is 333 g/mol. The van der Waals surface area contributed by atoms with Crippen LogP contribution in [-0.2, 0) is 11.2 Å². The van der Waals surface area contributed by atoms with Crippen LogP contribution in [-0.4, -0.2) is 22.6 Å². The summed E-state index contributed by atoms with van der Waals surface area (Å²) in [6.07, 6.45) is 7.32. The highest BCUT2D eigenvalue weighted by Gasteiger charge is 2.15. The number of aryl methyl sites for hydroxylation is 2. The molecule has 0 saturated heterocycles. The van der Waals surface area contributed by atoms with Crippen LogP contribution in [0.4, 0.5) is 0 Å². The monoisotopic (exact) mass is 333 g/mol. The van der Waals surface area contributed by atoms with Crippen LogP contribution in [0.1, 0.15) is 49.3 Å². The van der Waals surface area contributed by atoms with Crippen molar-refractivity contribution in [1.29, 1.82) is 0 Å². The highest BCUT2D eigenvalue weighted by molar-refractivity contribution is 7.15. The lowest BCUT2D eigenvalue weighted by molar-refractivity contribution is -0.121. The lowest BCUT2D eigenvalue weighted by atomic mass is 9.89. The molecule has 0 aliphatic heterocycles. The zero-order valence-electron chi connectivity index (χ0n) is 13.5. The summed E-state index contributed by atoms with van der Waals surface area (Å²) in [7, 11) is 0. The quantitative estimate of drug-likeness (QED) is 0.874. The molecule has 5 nitrogen and oxygen atoms in total. The number of rotatable bonds is 6. The van der Waals surface area contributed by atoms with Gasteiger partial charge in [-0.25, -0.2) is 0 Å². The Morgan fingerprint density at radius 2 is 2.13 bits per heavy atom. The second-order valence-corrected chi connectivity index (χ2v) is 7.51. The summed E-state index contributed by atoms with van der Waals surface area (Å²) in [6, 6.07) is 4.01. The second-order valence-electron chi connectivity index (χ2n) is 6.22. The largest absolute Gasteiger partial charge is 0.420 e. The van der Waals surface area contributed by atoms with Gasteiger partial charge in [0.1, 0.15) is 0 Å². The molecular formula is C17H23N3O2S. The van der Waals surface area contributed by atoms with E-state index in [1.165, 1.54) is 37.0 Å². The molecule has 1 saturated carbocycles. The number of hydrogen-bond acceptors (Lipinski definition) is 5. The molecule has 23 heavy (non-hydrogen) atoms. The summed E-state index contributed by atoms with van der Waals surface area (Å²) in [5.41, 5.74) is 0. The third kappa shape index (κ3) is 4.64. The van der Waals surface area contributed by atoms with Gasteiger partial charge in [-0.05, 0) is 37.8 Å². The molecule has 0 atom stereocenters. The van der Waals surface area contributed by atoms with Crippen LogP contribution in [0.2, 0.25) is 0 Å². The molecule has 1 fully saturated rings. The summed E-state index contributed by atoms with van der Waals surface area (Å²) in [4.78, 5) is 14.1. The molecular weight excluding hydrogens is 310 g/mol. The van der Waals surface area contributed by atoms with E-state index in [4.69, 9.17) is 4.42 Å². The van der Waals surface area contributed by atoms with Gasteiger partial charge in [-0.1, -0.05) is 19.3 Å². The Morgan fingerprint density at radius 3 is 2.87 bits per heavy atom. The molecule has 3 rings (SSSR count). The Morgan fingerprint density at radius 1 is 1.30 bits per heavy atom. The maximum Gasteiger partial charge on any atom is 0.257 e. The molecule has 1 aliphatic rings. The number of carbonyl (C=O) groups excluding carboxylic acids is 1. The number of thiophene rings is 1. The summed E-state index contributed by atoms with van der Waals surface area (Å²) < 4.78 is 5.64. The van der Waals surface area contributed by atoms with Crippen molar-refractivity contribution in [2.24, 2.45) is 5.92 Å². The fraction of sp³-hybridized carbons (Fsp3) is 0.588. The summed E-state index contributed by atoms with van der Waals surface area (Å²) in [5.74, 6) is 1.80. The molecule has 0 bridgehead atoms. The van der Waals surface area contributed by atoms with Crippen LogP contribution in [0, 0.1) is 12.8 Å². The van der Waals surface area contributed by atoms with Crippen molar-refractivity contribution >= 4 is 17.2 Å². The standard InChI is InChI=1S/C17H23N3O2S/c1-12-7-8-14(23-12)17-20-19-16(22-17)10-9-15(21)18-11-13-5-3-2-4-6-13/h7-8,13H,2-6,9-11H2,1H3,(H,18,21). The first-order valence-electron chi connectivity index (χ1n) is 8.36. The van der Waals surface area contributed by atoms with E-state index in [-0.39, 0.29) is 5.91 Å². The van der Waals surface area contributed by atoms with E-state index in [9.17, 15) is 4.79 Å². The Balaban J connectivity index is 1.43. The lowest BCUT2D eigenvalue weighted by Gasteiger charge is -2.21. The first-order valence-corrected chi connectivity index (χ1v) is 9.18. The van der Waals surface area contributed by atoms with Gasteiger partial charge in [0.25, 0.3) is 5.89 Å². The number of amides is 1. The predicted molar refractivity (Wildman–Crippen MR) is 90.3 cm³/mol. The Labute approximate surface area is 140 Å².